The molecule has 1 aliphatic heterocycles. The van der Waals surface area contributed by atoms with Crippen LogP contribution in [-0.2, 0) is 4.79 Å². The second kappa shape index (κ2) is 4.26. The number of aliphatic carboxylic acids is 1. The topological polar surface area (TPSA) is 40.5 Å². The summed E-state index contributed by atoms with van der Waals surface area (Å²) in [6.07, 6.45) is 2.40. The van der Waals surface area contributed by atoms with Gasteiger partial charge in [-0.25, -0.2) is 4.39 Å². The summed E-state index contributed by atoms with van der Waals surface area (Å²) >= 11 is 0. The second-order valence-corrected chi connectivity index (χ2v) is 5.35. The molecule has 1 aromatic rings. The standard InChI is InChI=1S/C14H16FNO2/c15-13-6-11(3-4-12(13)10-1-2-10)16-7-9(8-16)5-14(17)18/h3-4,6,9-10H,1-2,5,7-8H2,(H,17,18). The highest BCUT2D eigenvalue weighted by atomic mass is 19.1. The summed E-state index contributed by atoms with van der Waals surface area (Å²) in [5.41, 5.74) is 1.71. The average Bonchev–Trinajstić information content (AvgIpc) is 3.06. The first kappa shape index (κ1) is 11.5. The van der Waals surface area contributed by atoms with Crippen molar-refractivity contribution in [3.8, 4) is 0 Å². The maximum absolute atomic E-state index is 13.8. The number of anilines is 1. The molecular weight excluding hydrogens is 233 g/mol. The molecule has 3 nitrogen and oxygen atoms in total. The maximum Gasteiger partial charge on any atom is 0.303 e. The number of halogens is 1. The van der Waals surface area contributed by atoms with Gasteiger partial charge in [0.2, 0.25) is 0 Å². The van der Waals surface area contributed by atoms with Crippen molar-refractivity contribution < 1.29 is 14.3 Å². The molecular formula is C14H16FNO2. The van der Waals surface area contributed by atoms with Crippen LogP contribution in [0.1, 0.15) is 30.7 Å². The summed E-state index contributed by atoms with van der Waals surface area (Å²) in [6.45, 7) is 1.43. The fourth-order valence-corrected chi connectivity index (χ4v) is 2.59. The number of rotatable bonds is 4. The number of carbonyl (C=O) groups is 1. The summed E-state index contributed by atoms with van der Waals surface area (Å²) in [5, 5.41) is 8.68. The molecule has 0 atom stereocenters. The quantitative estimate of drug-likeness (QED) is 0.891. The van der Waals surface area contributed by atoms with Gasteiger partial charge in [-0.05, 0) is 36.5 Å². The van der Waals surface area contributed by atoms with Gasteiger partial charge in [-0.2, -0.15) is 0 Å². The SMILES string of the molecule is O=C(O)CC1CN(c2ccc(C3CC3)c(F)c2)C1. The van der Waals surface area contributed by atoms with Crippen LogP contribution in [0.2, 0.25) is 0 Å². The van der Waals surface area contributed by atoms with Crippen LogP contribution < -0.4 is 4.90 Å². The zero-order valence-corrected chi connectivity index (χ0v) is 10.1. The third-order valence-electron chi connectivity index (χ3n) is 3.79. The van der Waals surface area contributed by atoms with Crippen LogP contribution in [-0.4, -0.2) is 24.2 Å². The lowest BCUT2D eigenvalue weighted by atomic mass is 9.95. The molecule has 0 spiro atoms. The molecule has 3 rings (SSSR count). The lowest BCUT2D eigenvalue weighted by Crippen LogP contribution is -2.47. The van der Waals surface area contributed by atoms with Gasteiger partial charge in [0, 0.05) is 24.7 Å². The van der Waals surface area contributed by atoms with E-state index in [-0.39, 0.29) is 18.2 Å². The Morgan fingerprint density at radius 3 is 2.67 bits per heavy atom. The Morgan fingerprint density at radius 1 is 1.39 bits per heavy atom. The number of benzene rings is 1. The molecule has 1 saturated heterocycles. The highest BCUT2D eigenvalue weighted by Gasteiger charge is 2.30. The van der Waals surface area contributed by atoms with E-state index in [1.807, 2.05) is 17.0 Å². The lowest BCUT2D eigenvalue weighted by Gasteiger charge is -2.40. The Labute approximate surface area is 105 Å². The Hall–Kier alpha value is -1.58. The monoisotopic (exact) mass is 249 g/mol. The number of carboxylic acid groups (broad SMARTS) is 1. The molecule has 4 heteroatoms. The first-order valence-corrected chi connectivity index (χ1v) is 6.39. The van der Waals surface area contributed by atoms with Crippen molar-refractivity contribution in [1.82, 2.24) is 0 Å². The highest BCUT2D eigenvalue weighted by molar-refractivity contribution is 5.68. The van der Waals surface area contributed by atoms with Crippen LogP contribution in [0.4, 0.5) is 10.1 Å². The fourth-order valence-electron chi connectivity index (χ4n) is 2.59. The van der Waals surface area contributed by atoms with Gasteiger partial charge in [-0.1, -0.05) is 6.07 Å². The molecule has 1 heterocycles. The smallest absolute Gasteiger partial charge is 0.303 e. The normalized spacial score (nSPS) is 19.7. The molecule has 18 heavy (non-hydrogen) atoms. The minimum Gasteiger partial charge on any atom is -0.481 e. The van der Waals surface area contributed by atoms with Gasteiger partial charge < -0.3 is 10.0 Å². The van der Waals surface area contributed by atoms with Crippen molar-refractivity contribution >= 4 is 11.7 Å². The van der Waals surface area contributed by atoms with Crippen molar-refractivity contribution in [2.24, 2.45) is 5.92 Å². The van der Waals surface area contributed by atoms with Crippen LogP contribution in [0.15, 0.2) is 18.2 Å². The average molecular weight is 249 g/mol. The highest BCUT2D eigenvalue weighted by Crippen LogP contribution is 2.42. The molecule has 0 radical (unpaired) electrons. The molecule has 96 valence electrons. The van der Waals surface area contributed by atoms with Gasteiger partial charge in [0.25, 0.3) is 0 Å². The first-order chi connectivity index (χ1) is 8.63. The van der Waals surface area contributed by atoms with E-state index < -0.39 is 5.97 Å². The van der Waals surface area contributed by atoms with Crippen LogP contribution in [0, 0.1) is 11.7 Å². The Bertz CT molecular complexity index is 479. The Balaban J connectivity index is 1.64. The zero-order chi connectivity index (χ0) is 12.7. The third-order valence-corrected chi connectivity index (χ3v) is 3.79. The van der Waals surface area contributed by atoms with E-state index in [0.29, 0.717) is 19.0 Å². The van der Waals surface area contributed by atoms with Crippen molar-refractivity contribution in [3.63, 3.8) is 0 Å². The largest absolute Gasteiger partial charge is 0.481 e. The van der Waals surface area contributed by atoms with Gasteiger partial charge in [-0.3, -0.25) is 4.79 Å². The number of hydrogen-bond acceptors (Lipinski definition) is 2. The fraction of sp³-hybridized carbons (Fsp3) is 0.500. The van der Waals surface area contributed by atoms with Gasteiger partial charge in [0.05, 0.1) is 6.42 Å². The molecule has 2 fully saturated rings. The number of hydrogen-bond donors (Lipinski definition) is 1. The molecule has 1 N–H and O–H groups in total. The summed E-state index contributed by atoms with van der Waals surface area (Å²) in [4.78, 5) is 12.6. The molecule has 1 saturated carbocycles. The summed E-state index contributed by atoms with van der Waals surface area (Å²) in [6, 6.07) is 5.42. The molecule has 0 unspecified atom stereocenters. The van der Waals surface area contributed by atoms with Gasteiger partial charge in [0.1, 0.15) is 5.82 Å². The van der Waals surface area contributed by atoms with E-state index >= 15 is 0 Å². The van der Waals surface area contributed by atoms with Gasteiger partial charge in [0.15, 0.2) is 0 Å². The minimum atomic E-state index is -0.755. The first-order valence-electron chi connectivity index (χ1n) is 6.39. The van der Waals surface area contributed by atoms with Crippen LogP contribution in [0.5, 0.6) is 0 Å². The maximum atomic E-state index is 13.8. The van der Waals surface area contributed by atoms with E-state index in [2.05, 4.69) is 0 Å². The van der Waals surface area contributed by atoms with E-state index in [0.717, 1.165) is 24.1 Å². The summed E-state index contributed by atoms with van der Waals surface area (Å²) in [5.74, 6) is -0.240. The van der Waals surface area contributed by atoms with E-state index in [1.54, 1.807) is 6.07 Å². The molecule has 2 aliphatic rings. The van der Waals surface area contributed by atoms with Crippen LogP contribution in [0.25, 0.3) is 0 Å². The van der Waals surface area contributed by atoms with Gasteiger partial charge in [-0.15, -0.1) is 0 Å². The molecule has 1 aliphatic carbocycles. The van der Waals surface area contributed by atoms with Crippen molar-refractivity contribution in [3.05, 3.63) is 29.6 Å². The lowest BCUT2D eigenvalue weighted by molar-refractivity contribution is -0.138. The van der Waals surface area contributed by atoms with E-state index in [9.17, 15) is 9.18 Å². The minimum absolute atomic E-state index is 0.114. The molecule has 0 aromatic heterocycles. The number of carboxylic acids is 1. The predicted molar refractivity (Wildman–Crippen MR) is 66.3 cm³/mol. The van der Waals surface area contributed by atoms with Crippen molar-refractivity contribution in [1.29, 1.82) is 0 Å². The van der Waals surface area contributed by atoms with Crippen LogP contribution >= 0.6 is 0 Å². The Kier molecular flexibility index (Phi) is 2.73. The predicted octanol–water partition coefficient (Wildman–Crippen LogP) is 2.61. The summed E-state index contributed by atoms with van der Waals surface area (Å²) in [7, 11) is 0. The molecule has 0 bridgehead atoms. The van der Waals surface area contributed by atoms with E-state index in [4.69, 9.17) is 5.11 Å². The second-order valence-electron chi connectivity index (χ2n) is 5.35. The summed E-state index contributed by atoms with van der Waals surface area (Å²) < 4.78 is 13.8. The molecule has 1 aromatic carbocycles. The van der Waals surface area contributed by atoms with Crippen molar-refractivity contribution in [2.45, 2.75) is 25.2 Å². The molecule has 0 amide bonds. The number of nitrogens with zero attached hydrogens (tertiary/aromatic N) is 1. The van der Waals surface area contributed by atoms with Crippen LogP contribution in [0.3, 0.4) is 0 Å². The zero-order valence-electron chi connectivity index (χ0n) is 10.1. The third kappa shape index (κ3) is 2.19. The Morgan fingerprint density at radius 2 is 2.11 bits per heavy atom. The van der Waals surface area contributed by atoms with Crippen molar-refractivity contribution in [2.75, 3.05) is 18.0 Å². The van der Waals surface area contributed by atoms with Gasteiger partial charge >= 0.3 is 5.97 Å². The van der Waals surface area contributed by atoms with E-state index in [1.165, 1.54) is 0 Å².